The zero-order valence-electron chi connectivity index (χ0n) is 14.4. The van der Waals surface area contributed by atoms with Crippen LogP contribution in [0.5, 0.6) is 0 Å². The molecule has 3 aromatic rings. The van der Waals surface area contributed by atoms with Crippen LogP contribution in [-0.2, 0) is 0 Å². The summed E-state index contributed by atoms with van der Waals surface area (Å²) in [7, 11) is 0. The molecule has 134 valence electrons. The van der Waals surface area contributed by atoms with E-state index in [1.807, 2.05) is 0 Å². The van der Waals surface area contributed by atoms with Crippen LogP contribution in [-0.4, -0.2) is 14.5 Å². The summed E-state index contributed by atoms with van der Waals surface area (Å²) >= 11 is 1.18. The van der Waals surface area contributed by atoms with Crippen molar-refractivity contribution in [3.8, 4) is 12.1 Å². The molecular formula is C20H12N6OS. The van der Waals surface area contributed by atoms with Gasteiger partial charge in [-0.3, -0.25) is 19.3 Å². The number of fused-ring (bicyclic) bond motifs is 1. The first kappa shape index (κ1) is 17.4. The number of nitrogens with zero attached hydrogens (tertiary/aromatic N) is 5. The first-order chi connectivity index (χ1) is 13.7. The Morgan fingerprint density at radius 1 is 1.04 bits per heavy atom. The zero-order chi connectivity index (χ0) is 19.7. The van der Waals surface area contributed by atoms with Gasteiger partial charge in [0.2, 0.25) is 0 Å². The van der Waals surface area contributed by atoms with E-state index in [-0.39, 0.29) is 17.0 Å². The fourth-order valence-electron chi connectivity index (χ4n) is 3.15. The molecule has 0 fully saturated rings. The molecule has 7 nitrogen and oxygen atoms in total. The van der Waals surface area contributed by atoms with Gasteiger partial charge < -0.3 is 5.73 Å². The molecule has 0 unspecified atom stereocenters. The van der Waals surface area contributed by atoms with E-state index in [1.54, 1.807) is 55.1 Å². The molecule has 0 spiro atoms. The lowest BCUT2D eigenvalue weighted by Gasteiger charge is -2.22. The quantitative estimate of drug-likeness (QED) is 0.692. The molecule has 8 heteroatoms. The number of hydrogen-bond acceptors (Lipinski definition) is 7. The van der Waals surface area contributed by atoms with Crippen LogP contribution in [0.15, 0.2) is 59.4 Å². The molecule has 0 amide bonds. The van der Waals surface area contributed by atoms with Crippen molar-refractivity contribution in [2.45, 2.75) is 5.92 Å². The summed E-state index contributed by atoms with van der Waals surface area (Å²) in [6, 6.07) is 11.3. The predicted molar refractivity (Wildman–Crippen MR) is 105 cm³/mol. The molecule has 1 aliphatic rings. The Morgan fingerprint density at radius 3 is 2.25 bits per heavy atom. The molecule has 1 atom stereocenters. The number of hydrogen-bond donors (Lipinski definition) is 1. The average Bonchev–Trinajstić information content (AvgIpc) is 3.05. The molecule has 1 aliphatic heterocycles. The van der Waals surface area contributed by atoms with Crippen molar-refractivity contribution in [3.63, 3.8) is 0 Å². The number of aromatic nitrogens is 3. The summed E-state index contributed by atoms with van der Waals surface area (Å²) in [5.74, 6) is -0.584. The van der Waals surface area contributed by atoms with Crippen LogP contribution >= 0.6 is 11.3 Å². The van der Waals surface area contributed by atoms with Gasteiger partial charge in [-0.1, -0.05) is 0 Å². The van der Waals surface area contributed by atoms with Gasteiger partial charge in [0.25, 0.3) is 5.56 Å². The van der Waals surface area contributed by atoms with Crippen molar-refractivity contribution in [2.75, 3.05) is 0 Å². The van der Waals surface area contributed by atoms with Gasteiger partial charge in [0.05, 0.1) is 33.7 Å². The van der Waals surface area contributed by atoms with Gasteiger partial charge in [-0.2, -0.15) is 10.5 Å². The van der Waals surface area contributed by atoms with Gasteiger partial charge in [0.1, 0.15) is 10.5 Å². The number of pyridine rings is 2. The average molecular weight is 384 g/mol. The number of allylic oxidation sites excluding steroid dienone is 1. The van der Waals surface area contributed by atoms with E-state index < -0.39 is 5.92 Å². The molecule has 28 heavy (non-hydrogen) atoms. The molecule has 0 bridgehead atoms. The third-order valence-electron chi connectivity index (χ3n) is 4.43. The Balaban J connectivity index is 2.08. The molecule has 0 saturated carbocycles. The highest BCUT2D eigenvalue weighted by Crippen LogP contribution is 2.34. The summed E-state index contributed by atoms with van der Waals surface area (Å²) in [5, 5.41) is 19.6. The minimum atomic E-state index is -0.634. The number of nitrogens with two attached hydrogens (primary N) is 1. The van der Waals surface area contributed by atoms with Crippen LogP contribution in [0, 0.1) is 22.7 Å². The van der Waals surface area contributed by atoms with Gasteiger partial charge in [-0.15, -0.1) is 11.3 Å². The molecule has 0 radical (unpaired) electrons. The van der Waals surface area contributed by atoms with Crippen molar-refractivity contribution in [1.29, 1.82) is 10.5 Å². The monoisotopic (exact) mass is 384 g/mol. The molecule has 0 aromatic carbocycles. The van der Waals surface area contributed by atoms with Crippen molar-refractivity contribution >= 4 is 28.8 Å². The summed E-state index contributed by atoms with van der Waals surface area (Å²) in [6.45, 7) is 0. The van der Waals surface area contributed by atoms with Crippen LogP contribution in [0.2, 0.25) is 0 Å². The molecule has 4 rings (SSSR count). The SMILES string of the molecule is N#CC1=C(N)n2c(s/c(=C\c3ccncc3)c2=O)=C(C#N)[C@@H]1c1ccncc1. The standard InChI is InChI=1S/C20H12N6OS/c21-10-14-17(13-3-7-25-8-4-13)15(11-22)20-26(18(14)23)19(27)16(28-20)9-12-1-5-24-6-2-12/h1-9,17H,23H2/b16-9-/t17-/m1/s1. The van der Waals surface area contributed by atoms with E-state index in [0.29, 0.717) is 14.8 Å². The Morgan fingerprint density at radius 2 is 1.64 bits per heavy atom. The molecule has 0 saturated heterocycles. The minimum absolute atomic E-state index is 0.0499. The maximum atomic E-state index is 13.0. The number of rotatable bonds is 2. The van der Waals surface area contributed by atoms with Crippen molar-refractivity contribution in [2.24, 2.45) is 5.73 Å². The molecule has 2 N–H and O–H groups in total. The second kappa shape index (κ2) is 6.95. The second-order valence-corrected chi connectivity index (χ2v) is 7.02. The van der Waals surface area contributed by atoms with Crippen LogP contribution in [0.3, 0.4) is 0 Å². The minimum Gasteiger partial charge on any atom is -0.384 e. The highest BCUT2D eigenvalue weighted by atomic mass is 32.1. The first-order valence-electron chi connectivity index (χ1n) is 8.23. The predicted octanol–water partition coefficient (Wildman–Crippen LogP) is 0.651. The fraction of sp³-hybridized carbons (Fsp3) is 0.0500. The lowest BCUT2D eigenvalue weighted by Crippen LogP contribution is -2.38. The molecule has 0 aliphatic carbocycles. The molecule has 3 aromatic heterocycles. The fourth-order valence-corrected chi connectivity index (χ4v) is 4.28. The Bertz CT molecular complexity index is 1350. The number of nitriles is 2. The largest absolute Gasteiger partial charge is 0.384 e. The Kier molecular flexibility index (Phi) is 4.32. The third-order valence-corrected chi connectivity index (χ3v) is 5.54. The summed E-state index contributed by atoms with van der Waals surface area (Å²) < 4.78 is 2.11. The highest BCUT2D eigenvalue weighted by molar-refractivity contribution is 7.07. The lowest BCUT2D eigenvalue weighted by atomic mass is 9.85. The van der Waals surface area contributed by atoms with Crippen molar-refractivity contribution in [1.82, 2.24) is 14.5 Å². The van der Waals surface area contributed by atoms with Crippen molar-refractivity contribution < 1.29 is 0 Å². The van der Waals surface area contributed by atoms with E-state index in [4.69, 9.17) is 5.73 Å². The topological polar surface area (TPSA) is 121 Å². The summed E-state index contributed by atoms with van der Waals surface area (Å²) in [4.78, 5) is 20.9. The normalized spacial score (nSPS) is 16.4. The summed E-state index contributed by atoms with van der Waals surface area (Å²) in [6.07, 6.45) is 8.16. The lowest BCUT2D eigenvalue weighted by molar-refractivity contribution is 0.904. The Hall–Kier alpha value is -4.01. The van der Waals surface area contributed by atoms with Gasteiger partial charge in [0.15, 0.2) is 0 Å². The van der Waals surface area contributed by atoms with E-state index in [2.05, 4.69) is 22.1 Å². The second-order valence-electron chi connectivity index (χ2n) is 5.99. The first-order valence-corrected chi connectivity index (χ1v) is 9.05. The van der Waals surface area contributed by atoms with Gasteiger partial charge in [-0.05, 0) is 41.5 Å². The third kappa shape index (κ3) is 2.69. The molecular weight excluding hydrogens is 372 g/mol. The van der Waals surface area contributed by atoms with Gasteiger partial charge in [-0.25, -0.2) is 0 Å². The van der Waals surface area contributed by atoms with E-state index in [9.17, 15) is 15.3 Å². The highest BCUT2D eigenvalue weighted by Gasteiger charge is 2.31. The van der Waals surface area contributed by atoms with Crippen LogP contribution in [0.25, 0.3) is 17.5 Å². The smallest absolute Gasteiger partial charge is 0.274 e. The maximum absolute atomic E-state index is 13.0. The van der Waals surface area contributed by atoms with Gasteiger partial charge >= 0.3 is 0 Å². The van der Waals surface area contributed by atoms with E-state index >= 15 is 0 Å². The maximum Gasteiger partial charge on any atom is 0.274 e. The van der Waals surface area contributed by atoms with Crippen molar-refractivity contribution in [3.05, 3.63) is 85.3 Å². The van der Waals surface area contributed by atoms with Gasteiger partial charge in [0, 0.05) is 24.8 Å². The van der Waals surface area contributed by atoms with E-state index in [0.717, 1.165) is 11.1 Å². The van der Waals surface area contributed by atoms with Crippen LogP contribution in [0.4, 0.5) is 0 Å². The van der Waals surface area contributed by atoms with Crippen LogP contribution < -0.4 is 20.5 Å². The Labute approximate surface area is 163 Å². The number of thiazole rings is 1. The zero-order valence-corrected chi connectivity index (χ0v) is 15.2. The summed E-state index contributed by atoms with van der Waals surface area (Å²) in [5.41, 5.74) is 7.87. The molecule has 4 heterocycles. The van der Waals surface area contributed by atoms with Crippen LogP contribution in [0.1, 0.15) is 17.0 Å². The van der Waals surface area contributed by atoms with E-state index in [1.165, 1.54) is 15.9 Å².